The first-order valence-electron chi connectivity index (χ1n) is 7.80. The quantitative estimate of drug-likeness (QED) is 0.679. The molecule has 0 aromatic carbocycles. The summed E-state index contributed by atoms with van der Waals surface area (Å²) in [6.07, 6.45) is 3.51. The second-order valence-corrected chi connectivity index (χ2v) is 5.65. The van der Waals surface area contributed by atoms with Crippen LogP contribution >= 0.6 is 0 Å². The molecule has 2 aliphatic rings. The topological polar surface area (TPSA) is 39.8 Å². The van der Waals surface area contributed by atoms with Crippen molar-refractivity contribution in [3.05, 3.63) is 0 Å². The summed E-state index contributed by atoms with van der Waals surface area (Å²) >= 11 is 0. The fourth-order valence-electron chi connectivity index (χ4n) is 2.91. The van der Waals surface area contributed by atoms with Crippen molar-refractivity contribution in [3.8, 4) is 0 Å². The van der Waals surface area contributed by atoms with Crippen LogP contribution in [0.4, 0.5) is 0 Å². The highest BCUT2D eigenvalue weighted by atomic mass is 16.5. The predicted molar refractivity (Wildman–Crippen MR) is 78.1 cm³/mol. The molecular weight excluding hydrogens is 240 g/mol. The first-order chi connectivity index (χ1) is 9.27. The molecule has 5 heteroatoms. The molecule has 2 unspecified atom stereocenters. The van der Waals surface area contributed by atoms with Crippen LogP contribution in [0.1, 0.15) is 26.7 Å². The summed E-state index contributed by atoms with van der Waals surface area (Å²) in [5.41, 5.74) is 0. The van der Waals surface area contributed by atoms with E-state index in [-0.39, 0.29) is 0 Å². The molecule has 5 nitrogen and oxygen atoms in total. The second kappa shape index (κ2) is 8.17. The lowest BCUT2D eigenvalue weighted by Crippen LogP contribution is -2.51. The molecule has 0 saturated carbocycles. The van der Waals surface area contributed by atoms with Gasteiger partial charge in [-0.25, -0.2) is 0 Å². The van der Waals surface area contributed by atoms with Crippen molar-refractivity contribution in [3.63, 3.8) is 0 Å². The Kier molecular flexibility index (Phi) is 6.53. The highest BCUT2D eigenvalue weighted by Crippen LogP contribution is 2.04. The summed E-state index contributed by atoms with van der Waals surface area (Å²) in [5.74, 6) is 0. The van der Waals surface area contributed by atoms with E-state index in [1.165, 1.54) is 25.9 Å². The van der Waals surface area contributed by atoms with Crippen LogP contribution in [0.3, 0.4) is 0 Å². The summed E-state index contributed by atoms with van der Waals surface area (Å²) in [6.45, 7) is 13.0. The second-order valence-electron chi connectivity index (χ2n) is 5.65. The summed E-state index contributed by atoms with van der Waals surface area (Å²) in [6, 6.07) is 0. The first-order valence-corrected chi connectivity index (χ1v) is 7.80. The van der Waals surface area contributed by atoms with Crippen LogP contribution in [0.15, 0.2) is 0 Å². The molecule has 2 heterocycles. The van der Waals surface area contributed by atoms with Crippen molar-refractivity contribution in [2.75, 3.05) is 52.5 Å². The van der Waals surface area contributed by atoms with Crippen molar-refractivity contribution >= 4 is 0 Å². The van der Waals surface area contributed by atoms with Crippen LogP contribution in [0.5, 0.6) is 0 Å². The van der Waals surface area contributed by atoms with Gasteiger partial charge in [-0.15, -0.1) is 0 Å². The summed E-state index contributed by atoms with van der Waals surface area (Å²) in [5, 5.41) is 6.97. The number of nitrogens with one attached hydrogen (secondary N) is 2. The lowest BCUT2D eigenvalue weighted by molar-refractivity contribution is 0.0445. The molecule has 2 atom stereocenters. The summed E-state index contributed by atoms with van der Waals surface area (Å²) in [4.78, 5) is 4.93. The maximum atomic E-state index is 5.80. The zero-order valence-corrected chi connectivity index (χ0v) is 12.5. The Labute approximate surface area is 117 Å². The minimum absolute atomic E-state index is 0.503. The standard InChI is InChI=1S/C14H30N4O/c1-13-15-5-3-7-17(13)9-11-19-12-10-18-8-4-6-16-14(18)2/h13-16H,3-12H2,1-2H3. The van der Waals surface area contributed by atoms with Gasteiger partial charge in [0.05, 0.1) is 25.5 Å². The maximum Gasteiger partial charge on any atom is 0.0594 e. The summed E-state index contributed by atoms with van der Waals surface area (Å²) < 4.78 is 5.80. The van der Waals surface area contributed by atoms with Gasteiger partial charge in [-0.05, 0) is 39.8 Å². The molecule has 0 aliphatic carbocycles. The number of nitrogens with zero attached hydrogens (tertiary/aromatic N) is 2. The van der Waals surface area contributed by atoms with Gasteiger partial charge in [0.1, 0.15) is 0 Å². The van der Waals surface area contributed by atoms with Crippen LogP contribution in [-0.4, -0.2) is 74.6 Å². The molecule has 2 aliphatic heterocycles. The third-order valence-electron chi connectivity index (χ3n) is 4.26. The molecule has 0 aromatic heterocycles. The van der Waals surface area contributed by atoms with E-state index in [2.05, 4.69) is 34.3 Å². The highest BCUT2D eigenvalue weighted by molar-refractivity contribution is 4.72. The maximum absolute atomic E-state index is 5.80. The van der Waals surface area contributed by atoms with Gasteiger partial charge in [-0.1, -0.05) is 0 Å². The zero-order chi connectivity index (χ0) is 13.5. The van der Waals surface area contributed by atoms with E-state index in [0.717, 1.165) is 39.4 Å². The predicted octanol–water partition coefficient (Wildman–Crippen LogP) is 0.286. The molecule has 2 saturated heterocycles. The Hall–Kier alpha value is -0.200. The number of hydrogen-bond acceptors (Lipinski definition) is 5. The number of hydrogen-bond donors (Lipinski definition) is 2. The van der Waals surface area contributed by atoms with Crippen LogP contribution in [0, 0.1) is 0 Å². The first kappa shape index (κ1) is 15.2. The monoisotopic (exact) mass is 270 g/mol. The lowest BCUT2D eigenvalue weighted by Gasteiger charge is -2.35. The van der Waals surface area contributed by atoms with Crippen LogP contribution < -0.4 is 10.6 Å². The van der Waals surface area contributed by atoms with Crippen molar-refractivity contribution in [1.29, 1.82) is 0 Å². The van der Waals surface area contributed by atoms with E-state index in [1.807, 2.05) is 0 Å². The van der Waals surface area contributed by atoms with Gasteiger partial charge in [0.25, 0.3) is 0 Å². The van der Waals surface area contributed by atoms with Gasteiger partial charge in [-0.2, -0.15) is 0 Å². The average Bonchev–Trinajstić information content (AvgIpc) is 2.42. The minimum Gasteiger partial charge on any atom is -0.379 e. The Morgan fingerprint density at radius 1 is 0.895 bits per heavy atom. The largest absolute Gasteiger partial charge is 0.379 e. The molecule has 0 aromatic rings. The highest BCUT2D eigenvalue weighted by Gasteiger charge is 2.18. The van der Waals surface area contributed by atoms with Crippen molar-refractivity contribution in [1.82, 2.24) is 20.4 Å². The molecule has 0 radical (unpaired) electrons. The van der Waals surface area contributed by atoms with Gasteiger partial charge in [0.2, 0.25) is 0 Å². The third kappa shape index (κ3) is 5.00. The molecule has 0 spiro atoms. The normalized spacial score (nSPS) is 30.6. The molecular formula is C14H30N4O. The van der Waals surface area contributed by atoms with E-state index in [1.54, 1.807) is 0 Å². The van der Waals surface area contributed by atoms with Crippen LogP contribution in [0.25, 0.3) is 0 Å². The molecule has 2 N–H and O–H groups in total. The molecule has 2 rings (SSSR count). The van der Waals surface area contributed by atoms with Gasteiger partial charge < -0.3 is 15.4 Å². The Balaban J connectivity index is 1.51. The van der Waals surface area contributed by atoms with E-state index in [9.17, 15) is 0 Å². The molecule has 112 valence electrons. The Morgan fingerprint density at radius 2 is 1.37 bits per heavy atom. The SMILES string of the molecule is CC1NCCCN1CCOCCN1CCCNC1C. The van der Waals surface area contributed by atoms with E-state index >= 15 is 0 Å². The van der Waals surface area contributed by atoms with Crippen molar-refractivity contribution in [2.45, 2.75) is 39.0 Å². The number of ether oxygens (including phenoxy) is 1. The molecule has 2 fully saturated rings. The summed E-state index contributed by atoms with van der Waals surface area (Å²) in [7, 11) is 0. The van der Waals surface area contributed by atoms with E-state index < -0.39 is 0 Å². The van der Waals surface area contributed by atoms with E-state index in [4.69, 9.17) is 4.74 Å². The van der Waals surface area contributed by atoms with Gasteiger partial charge >= 0.3 is 0 Å². The van der Waals surface area contributed by atoms with Crippen molar-refractivity contribution in [2.24, 2.45) is 0 Å². The zero-order valence-electron chi connectivity index (χ0n) is 12.5. The lowest BCUT2D eigenvalue weighted by atomic mass is 10.2. The fraction of sp³-hybridized carbons (Fsp3) is 1.00. The molecule has 19 heavy (non-hydrogen) atoms. The van der Waals surface area contributed by atoms with Gasteiger partial charge in [-0.3, -0.25) is 9.80 Å². The Morgan fingerprint density at radius 3 is 1.79 bits per heavy atom. The molecule has 0 bridgehead atoms. The van der Waals surface area contributed by atoms with Gasteiger partial charge in [0.15, 0.2) is 0 Å². The van der Waals surface area contributed by atoms with Crippen LogP contribution in [-0.2, 0) is 4.74 Å². The van der Waals surface area contributed by atoms with Gasteiger partial charge in [0, 0.05) is 26.2 Å². The van der Waals surface area contributed by atoms with E-state index in [0.29, 0.717) is 12.3 Å². The number of rotatable bonds is 6. The Bertz CT molecular complexity index is 228. The smallest absolute Gasteiger partial charge is 0.0594 e. The minimum atomic E-state index is 0.503. The average molecular weight is 270 g/mol. The fourth-order valence-corrected chi connectivity index (χ4v) is 2.91. The third-order valence-corrected chi connectivity index (χ3v) is 4.26. The van der Waals surface area contributed by atoms with Crippen molar-refractivity contribution < 1.29 is 4.74 Å². The molecule has 0 amide bonds. The van der Waals surface area contributed by atoms with Crippen LogP contribution in [0.2, 0.25) is 0 Å².